The molecule has 0 aromatic rings. The van der Waals surface area contributed by atoms with Gasteiger partial charge < -0.3 is 14.8 Å². The zero-order chi connectivity index (χ0) is 26.7. The van der Waals surface area contributed by atoms with Gasteiger partial charge in [-0.1, -0.05) is 72.6 Å². The second kappa shape index (κ2) is 26.7. The number of amides is 1. The van der Waals surface area contributed by atoms with Crippen molar-refractivity contribution in [3.8, 4) is 0 Å². The number of rotatable bonds is 26. The maximum Gasteiger partial charge on any atom is 0.407 e. The van der Waals surface area contributed by atoms with Gasteiger partial charge in [0.2, 0.25) is 0 Å². The minimum absolute atomic E-state index is 0.0756. The predicted octanol–water partition coefficient (Wildman–Crippen LogP) is 6.40. The van der Waals surface area contributed by atoms with Crippen molar-refractivity contribution in [1.29, 1.82) is 0 Å². The van der Waals surface area contributed by atoms with Crippen molar-refractivity contribution in [2.24, 2.45) is 0 Å². The van der Waals surface area contributed by atoms with E-state index in [0.717, 1.165) is 71.4 Å². The first-order chi connectivity index (χ1) is 17.6. The molecule has 7 heteroatoms. The van der Waals surface area contributed by atoms with Crippen molar-refractivity contribution in [3.63, 3.8) is 0 Å². The summed E-state index contributed by atoms with van der Waals surface area (Å²) in [4.78, 5) is 28.7. The number of carbonyl (C=O) groups excluding carboxylic acids is 2. The predicted molar refractivity (Wildman–Crippen MR) is 151 cm³/mol. The molecule has 0 rings (SSSR count). The number of alkyl carbamates (subject to hydrolysis) is 1. The highest BCUT2D eigenvalue weighted by atomic mass is 16.5. The molecule has 0 fully saturated rings. The van der Waals surface area contributed by atoms with Crippen LogP contribution >= 0.6 is 0 Å². The minimum atomic E-state index is -0.313. The van der Waals surface area contributed by atoms with E-state index >= 15 is 0 Å². The van der Waals surface area contributed by atoms with Crippen LogP contribution in [0.4, 0.5) is 4.79 Å². The maximum absolute atomic E-state index is 12.0. The SMILES string of the molecule is CCCCN(CCCC)CCOC(=O)CCCCCCCNC(=O)OCCN(CCCC)CCCC. The van der Waals surface area contributed by atoms with E-state index in [1.54, 1.807) is 0 Å². The molecule has 0 radical (unpaired) electrons. The molecule has 0 aliphatic carbocycles. The van der Waals surface area contributed by atoms with Crippen molar-refractivity contribution in [3.05, 3.63) is 0 Å². The third-order valence-electron chi connectivity index (χ3n) is 6.45. The fourth-order valence-electron chi connectivity index (χ4n) is 3.99. The number of hydrogen-bond donors (Lipinski definition) is 1. The van der Waals surface area contributed by atoms with E-state index in [9.17, 15) is 9.59 Å². The third kappa shape index (κ3) is 23.1. The summed E-state index contributed by atoms with van der Waals surface area (Å²) in [5.74, 6) is -0.0756. The summed E-state index contributed by atoms with van der Waals surface area (Å²) in [5, 5.41) is 2.85. The average molecular weight is 514 g/mol. The van der Waals surface area contributed by atoms with E-state index in [1.165, 1.54) is 51.4 Å². The van der Waals surface area contributed by atoms with Crippen LogP contribution in [0.25, 0.3) is 0 Å². The summed E-state index contributed by atoms with van der Waals surface area (Å²) in [6, 6.07) is 0. The van der Waals surface area contributed by atoms with Gasteiger partial charge in [0.25, 0.3) is 0 Å². The van der Waals surface area contributed by atoms with Crippen molar-refractivity contribution in [2.75, 3.05) is 59.0 Å². The van der Waals surface area contributed by atoms with Gasteiger partial charge in [0.05, 0.1) is 0 Å². The number of nitrogens with one attached hydrogen (secondary N) is 1. The lowest BCUT2D eigenvalue weighted by molar-refractivity contribution is -0.144. The van der Waals surface area contributed by atoms with Gasteiger partial charge in [0, 0.05) is 26.1 Å². The van der Waals surface area contributed by atoms with Gasteiger partial charge in [-0.3, -0.25) is 14.6 Å². The molecule has 0 saturated carbocycles. The van der Waals surface area contributed by atoms with Crippen LogP contribution in [-0.4, -0.2) is 80.9 Å². The summed E-state index contributed by atoms with van der Waals surface area (Å²) in [5.41, 5.74) is 0. The van der Waals surface area contributed by atoms with Crippen molar-refractivity contribution >= 4 is 12.1 Å². The molecular weight excluding hydrogens is 454 g/mol. The largest absolute Gasteiger partial charge is 0.464 e. The Kier molecular flexibility index (Phi) is 25.7. The Hall–Kier alpha value is -1.34. The van der Waals surface area contributed by atoms with Crippen LogP contribution in [0.2, 0.25) is 0 Å². The molecule has 0 bridgehead atoms. The Balaban J connectivity index is 3.67. The van der Waals surface area contributed by atoms with E-state index in [1.807, 2.05) is 0 Å². The van der Waals surface area contributed by atoms with Crippen LogP contribution in [0.1, 0.15) is 118 Å². The zero-order valence-corrected chi connectivity index (χ0v) is 24.3. The Labute approximate surface area is 223 Å². The molecule has 0 heterocycles. The fourth-order valence-corrected chi connectivity index (χ4v) is 3.99. The summed E-state index contributed by atoms with van der Waals surface area (Å²) < 4.78 is 10.8. The number of nitrogens with zero attached hydrogens (tertiary/aromatic N) is 2. The molecule has 214 valence electrons. The number of esters is 1. The summed E-state index contributed by atoms with van der Waals surface area (Å²) in [6.07, 6.45) is 14.7. The van der Waals surface area contributed by atoms with E-state index in [4.69, 9.17) is 9.47 Å². The lowest BCUT2D eigenvalue weighted by Crippen LogP contribution is -2.32. The van der Waals surface area contributed by atoms with Gasteiger partial charge in [0.15, 0.2) is 0 Å². The maximum atomic E-state index is 12.0. The Bertz CT molecular complexity index is 445. The monoisotopic (exact) mass is 513 g/mol. The smallest absolute Gasteiger partial charge is 0.407 e. The summed E-state index contributed by atoms with van der Waals surface area (Å²) >= 11 is 0. The van der Waals surface area contributed by atoms with Gasteiger partial charge in [-0.05, 0) is 64.7 Å². The molecule has 36 heavy (non-hydrogen) atoms. The number of carbonyl (C=O) groups is 2. The first-order valence-electron chi connectivity index (χ1n) is 15.1. The second-order valence-electron chi connectivity index (χ2n) is 9.90. The van der Waals surface area contributed by atoms with Crippen LogP contribution in [0.3, 0.4) is 0 Å². The molecule has 7 nitrogen and oxygen atoms in total. The molecule has 0 aromatic carbocycles. The van der Waals surface area contributed by atoms with E-state index < -0.39 is 0 Å². The molecule has 1 amide bonds. The molecule has 0 atom stereocenters. The van der Waals surface area contributed by atoms with Gasteiger partial charge in [-0.2, -0.15) is 0 Å². The molecule has 0 aliphatic rings. The van der Waals surface area contributed by atoms with Crippen molar-refractivity contribution in [1.82, 2.24) is 15.1 Å². The van der Waals surface area contributed by atoms with Crippen LogP contribution in [0, 0.1) is 0 Å². The van der Waals surface area contributed by atoms with Crippen molar-refractivity contribution in [2.45, 2.75) is 118 Å². The lowest BCUT2D eigenvalue weighted by Gasteiger charge is -2.21. The first-order valence-corrected chi connectivity index (χ1v) is 15.1. The standard InChI is InChI=1S/C29H59N3O4/c1-5-9-20-31(21-10-6-2)24-26-35-28(33)18-16-14-13-15-17-19-30-29(34)36-27-25-32(22-11-7-3)23-12-8-4/h5-27H2,1-4H3,(H,30,34). The van der Waals surface area contributed by atoms with E-state index in [0.29, 0.717) is 26.2 Å². The van der Waals surface area contributed by atoms with Gasteiger partial charge in [0.1, 0.15) is 13.2 Å². The van der Waals surface area contributed by atoms with Crippen LogP contribution in [0.5, 0.6) is 0 Å². The number of hydrogen-bond acceptors (Lipinski definition) is 6. The van der Waals surface area contributed by atoms with Gasteiger partial charge in [-0.25, -0.2) is 4.79 Å². The second-order valence-corrected chi connectivity index (χ2v) is 9.90. The normalized spacial score (nSPS) is 11.3. The third-order valence-corrected chi connectivity index (χ3v) is 6.45. The van der Waals surface area contributed by atoms with Crippen LogP contribution < -0.4 is 5.32 Å². The first kappa shape index (κ1) is 34.7. The molecule has 0 aromatic heterocycles. The molecule has 0 spiro atoms. The number of ether oxygens (including phenoxy) is 2. The molecule has 0 saturated heterocycles. The molecular formula is C29H59N3O4. The van der Waals surface area contributed by atoms with E-state index in [-0.39, 0.29) is 12.1 Å². The van der Waals surface area contributed by atoms with Gasteiger partial charge >= 0.3 is 12.1 Å². The fraction of sp³-hybridized carbons (Fsp3) is 0.931. The molecule has 0 unspecified atom stereocenters. The van der Waals surface area contributed by atoms with Crippen LogP contribution in [-0.2, 0) is 14.3 Å². The van der Waals surface area contributed by atoms with Gasteiger partial charge in [-0.15, -0.1) is 0 Å². The Morgan fingerprint density at radius 1 is 0.556 bits per heavy atom. The average Bonchev–Trinajstić information content (AvgIpc) is 2.88. The van der Waals surface area contributed by atoms with Crippen molar-refractivity contribution < 1.29 is 19.1 Å². The number of unbranched alkanes of at least 4 members (excludes halogenated alkanes) is 8. The lowest BCUT2D eigenvalue weighted by atomic mass is 10.1. The molecule has 0 aliphatic heterocycles. The summed E-state index contributed by atoms with van der Waals surface area (Å²) in [6.45, 7) is 16.4. The minimum Gasteiger partial charge on any atom is -0.464 e. The van der Waals surface area contributed by atoms with E-state index in [2.05, 4.69) is 42.8 Å². The highest BCUT2D eigenvalue weighted by Crippen LogP contribution is 2.06. The Morgan fingerprint density at radius 3 is 1.50 bits per heavy atom. The molecule has 1 N–H and O–H groups in total. The Morgan fingerprint density at radius 2 is 1.00 bits per heavy atom. The quantitative estimate of drug-likeness (QED) is 0.107. The topological polar surface area (TPSA) is 71.1 Å². The van der Waals surface area contributed by atoms with Crippen LogP contribution in [0.15, 0.2) is 0 Å². The zero-order valence-electron chi connectivity index (χ0n) is 24.3. The highest BCUT2D eigenvalue weighted by Gasteiger charge is 2.08. The summed E-state index contributed by atoms with van der Waals surface area (Å²) in [7, 11) is 0. The highest BCUT2D eigenvalue weighted by molar-refractivity contribution is 5.69.